The Morgan fingerprint density at radius 2 is 2.15 bits per heavy atom. The number of hydrogen-bond donors (Lipinski definition) is 2. The fourth-order valence-corrected chi connectivity index (χ4v) is 2.05. The normalized spacial score (nSPS) is 15.3. The number of rotatable bonds is 5. The molecule has 0 bridgehead atoms. The van der Waals surface area contributed by atoms with Crippen molar-refractivity contribution in [3.8, 4) is 0 Å². The third-order valence-corrected chi connectivity index (χ3v) is 3.27. The molecule has 5 nitrogen and oxygen atoms in total. The molecule has 106 valence electrons. The summed E-state index contributed by atoms with van der Waals surface area (Å²) < 4.78 is 1.92. The standard InChI is InChI=1S/C15H20N4O/c1-12(10-19-9-8-17-11-19)18-14(20)15(2,16)13-6-4-3-5-7-13/h3-9,11-12H,10,16H2,1-2H3,(H,18,20). The lowest BCUT2D eigenvalue weighted by atomic mass is 9.92. The third-order valence-electron chi connectivity index (χ3n) is 3.27. The Morgan fingerprint density at radius 1 is 1.45 bits per heavy atom. The number of nitrogens with zero attached hydrogens (tertiary/aromatic N) is 2. The number of amides is 1. The van der Waals surface area contributed by atoms with Crippen LogP contribution >= 0.6 is 0 Å². The van der Waals surface area contributed by atoms with Crippen LogP contribution < -0.4 is 11.1 Å². The minimum Gasteiger partial charge on any atom is -0.350 e. The van der Waals surface area contributed by atoms with Crippen molar-refractivity contribution in [1.82, 2.24) is 14.9 Å². The molecule has 0 saturated heterocycles. The maximum absolute atomic E-state index is 12.3. The Labute approximate surface area is 118 Å². The Kier molecular flexibility index (Phi) is 4.20. The van der Waals surface area contributed by atoms with E-state index in [-0.39, 0.29) is 11.9 Å². The van der Waals surface area contributed by atoms with E-state index in [1.807, 2.05) is 48.0 Å². The highest BCUT2D eigenvalue weighted by atomic mass is 16.2. The first-order valence-electron chi connectivity index (χ1n) is 6.61. The zero-order valence-electron chi connectivity index (χ0n) is 11.8. The van der Waals surface area contributed by atoms with Gasteiger partial charge >= 0.3 is 0 Å². The van der Waals surface area contributed by atoms with E-state index >= 15 is 0 Å². The molecule has 0 saturated carbocycles. The van der Waals surface area contributed by atoms with E-state index in [1.165, 1.54) is 0 Å². The van der Waals surface area contributed by atoms with E-state index in [4.69, 9.17) is 5.73 Å². The third kappa shape index (κ3) is 3.24. The fourth-order valence-electron chi connectivity index (χ4n) is 2.05. The molecular formula is C15H20N4O. The van der Waals surface area contributed by atoms with Crippen LogP contribution in [0, 0.1) is 0 Å². The molecule has 0 aliphatic rings. The van der Waals surface area contributed by atoms with Gasteiger partial charge in [-0.25, -0.2) is 4.98 Å². The minimum atomic E-state index is -1.04. The van der Waals surface area contributed by atoms with Gasteiger partial charge in [-0.3, -0.25) is 4.79 Å². The molecule has 0 radical (unpaired) electrons. The molecule has 1 heterocycles. The average Bonchev–Trinajstić information content (AvgIpc) is 2.92. The SMILES string of the molecule is CC(Cn1ccnc1)NC(=O)C(C)(N)c1ccccc1. The summed E-state index contributed by atoms with van der Waals surface area (Å²) in [6.45, 7) is 4.33. The summed E-state index contributed by atoms with van der Waals surface area (Å²) in [5.41, 5.74) is 5.93. The number of aromatic nitrogens is 2. The minimum absolute atomic E-state index is 0.0247. The first-order chi connectivity index (χ1) is 9.50. The summed E-state index contributed by atoms with van der Waals surface area (Å²) in [4.78, 5) is 16.3. The van der Waals surface area contributed by atoms with Crippen molar-refractivity contribution in [2.75, 3.05) is 0 Å². The van der Waals surface area contributed by atoms with E-state index < -0.39 is 5.54 Å². The maximum Gasteiger partial charge on any atom is 0.244 e. The van der Waals surface area contributed by atoms with Gasteiger partial charge in [-0.2, -0.15) is 0 Å². The summed E-state index contributed by atoms with van der Waals surface area (Å²) in [7, 11) is 0. The highest BCUT2D eigenvalue weighted by molar-refractivity contribution is 5.87. The van der Waals surface area contributed by atoms with Crippen LogP contribution in [0.25, 0.3) is 0 Å². The van der Waals surface area contributed by atoms with Gasteiger partial charge < -0.3 is 15.6 Å². The number of carbonyl (C=O) groups excluding carboxylic acids is 1. The highest BCUT2D eigenvalue weighted by Gasteiger charge is 2.31. The van der Waals surface area contributed by atoms with Crippen LogP contribution in [0.2, 0.25) is 0 Å². The van der Waals surface area contributed by atoms with Crippen molar-refractivity contribution in [3.05, 3.63) is 54.6 Å². The molecule has 1 aromatic heterocycles. The Morgan fingerprint density at radius 3 is 2.75 bits per heavy atom. The molecule has 0 aliphatic carbocycles. The van der Waals surface area contributed by atoms with Crippen molar-refractivity contribution in [3.63, 3.8) is 0 Å². The number of imidazole rings is 1. The maximum atomic E-state index is 12.3. The zero-order chi connectivity index (χ0) is 14.6. The van der Waals surface area contributed by atoms with Gasteiger partial charge in [0.1, 0.15) is 5.54 Å². The number of nitrogens with two attached hydrogens (primary N) is 1. The van der Waals surface area contributed by atoms with Gasteiger partial charge in [0.2, 0.25) is 5.91 Å². The molecule has 0 spiro atoms. The van der Waals surface area contributed by atoms with E-state index in [0.29, 0.717) is 6.54 Å². The number of nitrogens with one attached hydrogen (secondary N) is 1. The molecule has 1 amide bonds. The largest absolute Gasteiger partial charge is 0.350 e. The van der Waals surface area contributed by atoms with Gasteiger partial charge in [-0.05, 0) is 19.4 Å². The second-order valence-electron chi connectivity index (χ2n) is 5.20. The number of benzene rings is 1. The van der Waals surface area contributed by atoms with Gasteiger partial charge in [-0.15, -0.1) is 0 Å². The second-order valence-corrected chi connectivity index (χ2v) is 5.20. The van der Waals surface area contributed by atoms with Crippen LogP contribution in [0.4, 0.5) is 0 Å². The first-order valence-corrected chi connectivity index (χ1v) is 6.61. The second kappa shape index (κ2) is 5.88. The quantitative estimate of drug-likeness (QED) is 0.860. The molecule has 20 heavy (non-hydrogen) atoms. The Balaban J connectivity index is 2.00. The molecule has 1 aromatic carbocycles. The summed E-state index contributed by atoms with van der Waals surface area (Å²) in [6, 6.07) is 9.35. The topological polar surface area (TPSA) is 72.9 Å². The van der Waals surface area contributed by atoms with Crippen molar-refractivity contribution in [2.45, 2.75) is 32.0 Å². The highest BCUT2D eigenvalue weighted by Crippen LogP contribution is 2.17. The van der Waals surface area contributed by atoms with E-state index in [0.717, 1.165) is 5.56 Å². The van der Waals surface area contributed by atoms with Crippen LogP contribution in [0.15, 0.2) is 49.1 Å². The predicted molar refractivity (Wildman–Crippen MR) is 77.8 cm³/mol. The lowest BCUT2D eigenvalue weighted by Crippen LogP contribution is -2.52. The Bertz CT molecular complexity index is 549. The molecule has 3 N–H and O–H groups in total. The molecule has 2 rings (SSSR count). The van der Waals surface area contributed by atoms with Crippen LogP contribution in [-0.2, 0) is 16.9 Å². The molecular weight excluding hydrogens is 252 g/mol. The van der Waals surface area contributed by atoms with Crippen molar-refractivity contribution >= 4 is 5.91 Å². The van der Waals surface area contributed by atoms with Crippen LogP contribution in [0.5, 0.6) is 0 Å². The lowest BCUT2D eigenvalue weighted by molar-refractivity contribution is -0.126. The fraction of sp³-hybridized carbons (Fsp3) is 0.333. The predicted octanol–water partition coefficient (Wildman–Crippen LogP) is 1.26. The van der Waals surface area contributed by atoms with Gasteiger partial charge in [0, 0.05) is 25.0 Å². The summed E-state index contributed by atoms with van der Waals surface area (Å²) in [5, 5.41) is 2.94. The van der Waals surface area contributed by atoms with Crippen LogP contribution in [0.3, 0.4) is 0 Å². The van der Waals surface area contributed by atoms with Crippen LogP contribution in [0.1, 0.15) is 19.4 Å². The number of carbonyl (C=O) groups is 1. The molecule has 2 atom stereocenters. The van der Waals surface area contributed by atoms with Crippen molar-refractivity contribution < 1.29 is 4.79 Å². The van der Waals surface area contributed by atoms with Crippen molar-refractivity contribution in [1.29, 1.82) is 0 Å². The molecule has 2 aromatic rings. The van der Waals surface area contributed by atoms with Gasteiger partial charge in [-0.1, -0.05) is 30.3 Å². The average molecular weight is 272 g/mol. The zero-order valence-corrected chi connectivity index (χ0v) is 11.8. The Hall–Kier alpha value is -2.14. The van der Waals surface area contributed by atoms with E-state index in [1.54, 1.807) is 19.4 Å². The van der Waals surface area contributed by atoms with E-state index in [2.05, 4.69) is 10.3 Å². The van der Waals surface area contributed by atoms with Gasteiger partial charge in [0.05, 0.1) is 6.33 Å². The van der Waals surface area contributed by atoms with Gasteiger partial charge in [0.25, 0.3) is 0 Å². The lowest BCUT2D eigenvalue weighted by Gasteiger charge is -2.26. The van der Waals surface area contributed by atoms with Gasteiger partial charge in [0.15, 0.2) is 0 Å². The first kappa shape index (κ1) is 14.3. The molecule has 5 heteroatoms. The van der Waals surface area contributed by atoms with Crippen LogP contribution in [-0.4, -0.2) is 21.5 Å². The summed E-state index contributed by atoms with van der Waals surface area (Å²) in [5.74, 6) is -0.184. The number of hydrogen-bond acceptors (Lipinski definition) is 3. The molecule has 2 unspecified atom stereocenters. The molecule has 0 aliphatic heterocycles. The summed E-state index contributed by atoms with van der Waals surface area (Å²) in [6.07, 6.45) is 5.30. The molecule has 0 fully saturated rings. The van der Waals surface area contributed by atoms with Crippen molar-refractivity contribution in [2.24, 2.45) is 5.73 Å². The summed E-state index contributed by atoms with van der Waals surface area (Å²) >= 11 is 0. The van der Waals surface area contributed by atoms with E-state index in [9.17, 15) is 4.79 Å². The smallest absolute Gasteiger partial charge is 0.244 e. The monoisotopic (exact) mass is 272 g/mol.